The van der Waals surface area contributed by atoms with Crippen molar-refractivity contribution in [2.24, 2.45) is 0 Å². The van der Waals surface area contributed by atoms with E-state index in [9.17, 15) is 4.79 Å². The zero-order valence-corrected chi connectivity index (χ0v) is 11.9. The zero-order chi connectivity index (χ0) is 13.0. The Hall–Kier alpha value is -1.17. The fourth-order valence-electron chi connectivity index (χ4n) is 1.54. The second kappa shape index (κ2) is 6.13. The first-order valence-corrected chi connectivity index (χ1v) is 7.08. The van der Waals surface area contributed by atoms with E-state index in [-0.39, 0.29) is 0 Å². The summed E-state index contributed by atoms with van der Waals surface area (Å²) in [6.07, 6.45) is 0. The first kappa shape index (κ1) is 13.3. The van der Waals surface area contributed by atoms with Gasteiger partial charge in [0.25, 0.3) is 0 Å². The average molecular weight is 326 g/mol. The van der Waals surface area contributed by atoms with E-state index in [2.05, 4.69) is 32.7 Å². The number of benzene rings is 1. The maximum Gasteiger partial charge on any atom is 0.335 e. The standard InChI is InChI=1S/C13H12BrNO2S/c14-11-5-12(18-8-11)7-15-6-9-1-3-10(4-2-9)13(16)17/h1-5,8,15H,6-7H2,(H,16,17). The summed E-state index contributed by atoms with van der Waals surface area (Å²) in [5, 5.41) is 14.2. The lowest BCUT2D eigenvalue weighted by atomic mass is 10.1. The molecule has 0 saturated heterocycles. The van der Waals surface area contributed by atoms with Gasteiger partial charge >= 0.3 is 5.97 Å². The number of hydrogen-bond donors (Lipinski definition) is 2. The molecule has 0 bridgehead atoms. The molecule has 0 unspecified atom stereocenters. The van der Waals surface area contributed by atoms with Gasteiger partial charge in [0.2, 0.25) is 0 Å². The number of halogens is 1. The number of nitrogens with one attached hydrogen (secondary N) is 1. The van der Waals surface area contributed by atoms with Crippen LogP contribution in [-0.2, 0) is 13.1 Å². The molecule has 0 aliphatic rings. The van der Waals surface area contributed by atoms with Gasteiger partial charge in [0.15, 0.2) is 0 Å². The maximum absolute atomic E-state index is 10.7. The smallest absolute Gasteiger partial charge is 0.335 e. The molecule has 5 heteroatoms. The van der Waals surface area contributed by atoms with Crippen LogP contribution in [0.4, 0.5) is 0 Å². The Morgan fingerprint density at radius 2 is 2.00 bits per heavy atom. The van der Waals surface area contributed by atoms with Gasteiger partial charge in [-0.2, -0.15) is 0 Å². The third kappa shape index (κ3) is 3.66. The highest BCUT2D eigenvalue weighted by Gasteiger charge is 2.02. The first-order valence-electron chi connectivity index (χ1n) is 5.41. The average Bonchev–Trinajstić information content (AvgIpc) is 2.76. The minimum Gasteiger partial charge on any atom is -0.478 e. The molecule has 1 aromatic heterocycles. The summed E-state index contributed by atoms with van der Waals surface area (Å²) < 4.78 is 1.11. The summed E-state index contributed by atoms with van der Waals surface area (Å²) in [5.41, 5.74) is 1.40. The van der Waals surface area contributed by atoms with E-state index in [0.29, 0.717) is 5.56 Å². The molecular weight excluding hydrogens is 314 g/mol. The van der Waals surface area contributed by atoms with E-state index in [1.54, 1.807) is 23.5 Å². The SMILES string of the molecule is O=C(O)c1ccc(CNCc2cc(Br)cs2)cc1. The van der Waals surface area contributed by atoms with Crippen LogP contribution in [0, 0.1) is 0 Å². The highest BCUT2D eigenvalue weighted by atomic mass is 79.9. The summed E-state index contributed by atoms with van der Waals surface area (Å²) in [6.45, 7) is 1.55. The van der Waals surface area contributed by atoms with Crippen LogP contribution in [0.3, 0.4) is 0 Å². The number of thiophene rings is 1. The van der Waals surface area contributed by atoms with Gasteiger partial charge in [0, 0.05) is 27.8 Å². The van der Waals surface area contributed by atoms with E-state index in [4.69, 9.17) is 5.11 Å². The molecule has 0 spiro atoms. The van der Waals surface area contributed by atoms with Gasteiger partial charge in [-0.1, -0.05) is 12.1 Å². The Bertz CT molecular complexity index is 536. The Kier molecular flexibility index (Phi) is 4.52. The van der Waals surface area contributed by atoms with Crippen molar-refractivity contribution in [3.8, 4) is 0 Å². The van der Waals surface area contributed by atoms with Crippen LogP contribution < -0.4 is 5.32 Å². The number of rotatable bonds is 5. The molecule has 2 aromatic rings. The van der Waals surface area contributed by atoms with Gasteiger partial charge < -0.3 is 10.4 Å². The van der Waals surface area contributed by atoms with Crippen LogP contribution in [0.1, 0.15) is 20.8 Å². The van der Waals surface area contributed by atoms with Crippen molar-refractivity contribution in [2.75, 3.05) is 0 Å². The molecule has 0 amide bonds. The molecule has 0 atom stereocenters. The lowest BCUT2D eigenvalue weighted by Gasteiger charge is -2.03. The molecule has 2 rings (SSSR count). The normalized spacial score (nSPS) is 10.5. The molecule has 18 heavy (non-hydrogen) atoms. The molecule has 0 aliphatic carbocycles. The molecule has 1 heterocycles. The van der Waals surface area contributed by atoms with Gasteiger partial charge in [-0.05, 0) is 39.7 Å². The summed E-state index contributed by atoms with van der Waals surface area (Å²) in [6, 6.07) is 9.01. The predicted octanol–water partition coefficient (Wildman–Crippen LogP) is 3.50. The molecule has 1 aromatic carbocycles. The summed E-state index contributed by atoms with van der Waals surface area (Å²) in [7, 11) is 0. The largest absolute Gasteiger partial charge is 0.478 e. The molecule has 0 fully saturated rings. The number of hydrogen-bond acceptors (Lipinski definition) is 3. The first-order chi connectivity index (χ1) is 8.65. The van der Waals surface area contributed by atoms with Crippen molar-refractivity contribution >= 4 is 33.2 Å². The number of carbonyl (C=O) groups is 1. The van der Waals surface area contributed by atoms with Crippen LogP contribution in [-0.4, -0.2) is 11.1 Å². The van der Waals surface area contributed by atoms with Crippen molar-refractivity contribution in [1.29, 1.82) is 0 Å². The highest BCUT2D eigenvalue weighted by Crippen LogP contribution is 2.19. The predicted molar refractivity (Wildman–Crippen MR) is 76.0 cm³/mol. The van der Waals surface area contributed by atoms with Crippen molar-refractivity contribution in [3.05, 3.63) is 56.2 Å². The van der Waals surface area contributed by atoms with Crippen molar-refractivity contribution in [1.82, 2.24) is 5.32 Å². The van der Waals surface area contributed by atoms with E-state index in [1.165, 1.54) is 4.88 Å². The summed E-state index contributed by atoms with van der Waals surface area (Å²) in [5.74, 6) is -0.891. The van der Waals surface area contributed by atoms with Gasteiger partial charge in [-0.15, -0.1) is 11.3 Å². The monoisotopic (exact) mass is 325 g/mol. The van der Waals surface area contributed by atoms with E-state index in [1.807, 2.05) is 12.1 Å². The van der Waals surface area contributed by atoms with Crippen LogP contribution >= 0.6 is 27.3 Å². The highest BCUT2D eigenvalue weighted by molar-refractivity contribution is 9.10. The van der Waals surface area contributed by atoms with Gasteiger partial charge in [-0.3, -0.25) is 0 Å². The molecule has 0 aliphatic heterocycles. The van der Waals surface area contributed by atoms with Crippen molar-refractivity contribution in [3.63, 3.8) is 0 Å². The van der Waals surface area contributed by atoms with Crippen LogP contribution in [0.5, 0.6) is 0 Å². The molecule has 0 saturated carbocycles. The van der Waals surface area contributed by atoms with E-state index in [0.717, 1.165) is 23.1 Å². The second-order valence-electron chi connectivity index (χ2n) is 3.84. The molecule has 94 valence electrons. The molecular formula is C13H12BrNO2S. The fourth-order valence-corrected chi connectivity index (χ4v) is 2.96. The van der Waals surface area contributed by atoms with E-state index < -0.39 is 5.97 Å². The molecule has 0 radical (unpaired) electrons. The lowest BCUT2D eigenvalue weighted by Crippen LogP contribution is -2.11. The van der Waals surface area contributed by atoms with Crippen LogP contribution in [0.25, 0.3) is 0 Å². The zero-order valence-electron chi connectivity index (χ0n) is 9.52. The summed E-state index contributed by atoms with van der Waals surface area (Å²) in [4.78, 5) is 12.0. The Morgan fingerprint density at radius 1 is 1.28 bits per heavy atom. The van der Waals surface area contributed by atoms with Gasteiger partial charge in [0.1, 0.15) is 0 Å². The van der Waals surface area contributed by atoms with Gasteiger partial charge in [-0.25, -0.2) is 4.79 Å². The lowest BCUT2D eigenvalue weighted by molar-refractivity contribution is 0.0697. The topological polar surface area (TPSA) is 49.3 Å². The number of aromatic carboxylic acids is 1. The van der Waals surface area contributed by atoms with Crippen LogP contribution in [0.2, 0.25) is 0 Å². The minimum absolute atomic E-state index is 0.320. The third-order valence-corrected chi connectivity index (χ3v) is 4.15. The Balaban J connectivity index is 1.85. The van der Waals surface area contributed by atoms with E-state index >= 15 is 0 Å². The second-order valence-corrected chi connectivity index (χ2v) is 5.75. The maximum atomic E-state index is 10.7. The molecule has 2 N–H and O–H groups in total. The molecule has 3 nitrogen and oxygen atoms in total. The number of carboxylic acids is 1. The minimum atomic E-state index is -0.891. The fraction of sp³-hybridized carbons (Fsp3) is 0.154. The van der Waals surface area contributed by atoms with Crippen molar-refractivity contribution in [2.45, 2.75) is 13.1 Å². The van der Waals surface area contributed by atoms with Gasteiger partial charge in [0.05, 0.1) is 5.56 Å². The Labute approximate surface area is 118 Å². The summed E-state index contributed by atoms with van der Waals surface area (Å²) >= 11 is 5.12. The number of carboxylic acid groups (broad SMARTS) is 1. The van der Waals surface area contributed by atoms with Crippen molar-refractivity contribution < 1.29 is 9.90 Å². The quantitative estimate of drug-likeness (QED) is 0.884. The Morgan fingerprint density at radius 3 is 2.56 bits per heavy atom. The third-order valence-electron chi connectivity index (χ3n) is 2.45. The van der Waals surface area contributed by atoms with Crippen LogP contribution in [0.15, 0.2) is 40.2 Å².